The fraction of sp³-hybridized carbons (Fsp3) is 0. The highest BCUT2D eigenvalue weighted by Crippen LogP contribution is 2.46. The zero-order valence-corrected chi connectivity index (χ0v) is 33.2. The van der Waals surface area contributed by atoms with E-state index in [9.17, 15) is 0 Å². The molecule has 3 nitrogen and oxygen atoms in total. The minimum absolute atomic E-state index is 0.879. The third-order valence-corrected chi connectivity index (χ3v) is 12.2. The standard InChI is InChI=1S/C58H38N2O/c1-2-18-46-41(14-1)15-11-23-47(46)42-32-30-39(31-33-42)40-34-36-43(37-35-40)59(44-16-12-17-45(38-44)60-54-26-8-3-19-48(54)49-20-4-9-27-55(49)60)53-25-7-5-21-50(53)51-24-13-29-57-58(51)52-22-6-10-28-56(52)61-57/h1-38H. The van der Waals surface area contributed by atoms with Gasteiger partial charge in [0, 0.05) is 44.2 Å². The summed E-state index contributed by atoms with van der Waals surface area (Å²) in [7, 11) is 0. The quantitative estimate of drug-likeness (QED) is 0.161. The molecule has 0 radical (unpaired) electrons. The molecule has 0 spiro atoms. The van der Waals surface area contributed by atoms with Crippen molar-refractivity contribution in [1.29, 1.82) is 0 Å². The Kier molecular flexibility index (Phi) is 8.17. The summed E-state index contributed by atoms with van der Waals surface area (Å²) in [4.78, 5) is 2.40. The Labute approximate surface area is 353 Å². The molecule has 10 aromatic carbocycles. The van der Waals surface area contributed by atoms with Gasteiger partial charge in [0.05, 0.1) is 16.7 Å². The first-order chi connectivity index (χ1) is 30.3. The highest BCUT2D eigenvalue weighted by molar-refractivity contribution is 6.14. The number of nitrogens with zero attached hydrogens (tertiary/aromatic N) is 2. The van der Waals surface area contributed by atoms with Gasteiger partial charge in [-0.25, -0.2) is 0 Å². The lowest BCUT2D eigenvalue weighted by Crippen LogP contribution is -2.12. The van der Waals surface area contributed by atoms with Crippen LogP contribution in [0.5, 0.6) is 0 Å². The number of benzene rings is 10. The smallest absolute Gasteiger partial charge is 0.136 e. The number of furan rings is 1. The van der Waals surface area contributed by atoms with Crippen molar-refractivity contribution in [2.24, 2.45) is 0 Å². The molecular formula is C58H38N2O. The van der Waals surface area contributed by atoms with Crippen LogP contribution in [-0.2, 0) is 0 Å². The minimum Gasteiger partial charge on any atom is -0.456 e. The molecule has 12 rings (SSSR count). The van der Waals surface area contributed by atoms with Gasteiger partial charge < -0.3 is 13.9 Å². The highest BCUT2D eigenvalue weighted by Gasteiger charge is 2.21. The number of hydrogen-bond acceptors (Lipinski definition) is 2. The highest BCUT2D eigenvalue weighted by atomic mass is 16.3. The Morgan fingerprint density at radius 2 is 0.885 bits per heavy atom. The normalized spacial score (nSPS) is 11.6. The maximum Gasteiger partial charge on any atom is 0.136 e. The molecule has 0 unspecified atom stereocenters. The third-order valence-electron chi connectivity index (χ3n) is 12.2. The molecule has 3 heteroatoms. The van der Waals surface area contributed by atoms with Gasteiger partial charge in [0.25, 0.3) is 0 Å². The monoisotopic (exact) mass is 778 g/mol. The van der Waals surface area contributed by atoms with Crippen LogP contribution in [-0.4, -0.2) is 4.57 Å². The van der Waals surface area contributed by atoms with Gasteiger partial charge in [-0.2, -0.15) is 0 Å². The average Bonchev–Trinajstić information content (AvgIpc) is 3.88. The third kappa shape index (κ3) is 5.82. The van der Waals surface area contributed by atoms with Crippen LogP contribution in [0.3, 0.4) is 0 Å². The molecule has 0 bridgehead atoms. The van der Waals surface area contributed by atoms with Gasteiger partial charge in [0.1, 0.15) is 11.2 Å². The molecule has 0 saturated carbocycles. The Morgan fingerprint density at radius 1 is 0.344 bits per heavy atom. The van der Waals surface area contributed by atoms with Crippen molar-refractivity contribution in [2.45, 2.75) is 0 Å². The molecule has 0 atom stereocenters. The van der Waals surface area contributed by atoms with Crippen LogP contribution < -0.4 is 4.90 Å². The predicted molar refractivity (Wildman–Crippen MR) is 257 cm³/mol. The van der Waals surface area contributed by atoms with Crippen molar-refractivity contribution < 1.29 is 4.42 Å². The minimum atomic E-state index is 0.879. The Balaban J connectivity index is 1.01. The van der Waals surface area contributed by atoms with Crippen LogP contribution >= 0.6 is 0 Å². The number of para-hydroxylation sites is 4. The number of aromatic nitrogens is 1. The number of hydrogen-bond donors (Lipinski definition) is 0. The Hall–Kier alpha value is -8.14. The van der Waals surface area contributed by atoms with E-state index in [1.54, 1.807) is 0 Å². The molecule has 12 aromatic rings. The summed E-state index contributed by atoms with van der Waals surface area (Å²) in [5.41, 5.74) is 15.5. The van der Waals surface area contributed by atoms with E-state index in [0.717, 1.165) is 61.4 Å². The van der Waals surface area contributed by atoms with Gasteiger partial charge in [-0.15, -0.1) is 0 Å². The van der Waals surface area contributed by atoms with E-state index in [1.807, 2.05) is 6.07 Å². The molecule has 2 heterocycles. The number of fused-ring (bicyclic) bond motifs is 7. The number of rotatable bonds is 7. The molecule has 0 aliphatic rings. The molecule has 61 heavy (non-hydrogen) atoms. The summed E-state index contributed by atoms with van der Waals surface area (Å²) in [5.74, 6) is 0. The molecule has 0 aliphatic heterocycles. The van der Waals surface area contributed by atoms with Gasteiger partial charge >= 0.3 is 0 Å². The molecule has 0 amide bonds. The Morgan fingerprint density at radius 3 is 1.67 bits per heavy atom. The SMILES string of the molecule is c1cc(N(c2ccc(-c3ccc(-c4cccc5ccccc45)cc3)cc2)c2ccccc2-c2cccc3oc4ccccc4c23)cc(-n2c3ccccc3c3ccccc32)c1. The van der Waals surface area contributed by atoms with Crippen molar-refractivity contribution in [2.75, 3.05) is 4.90 Å². The lowest BCUT2D eigenvalue weighted by Gasteiger charge is -2.29. The second-order valence-electron chi connectivity index (χ2n) is 15.7. The van der Waals surface area contributed by atoms with E-state index in [2.05, 4.69) is 234 Å². The molecule has 286 valence electrons. The zero-order chi connectivity index (χ0) is 40.3. The molecular weight excluding hydrogens is 741 g/mol. The average molecular weight is 779 g/mol. The fourth-order valence-electron chi connectivity index (χ4n) is 9.42. The summed E-state index contributed by atoms with van der Waals surface area (Å²) in [6, 6.07) is 82.9. The van der Waals surface area contributed by atoms with Crippen molar-refractivity contribution in [1.82, 2.24) is 4.57 Å². The van der Waals surface area contributed by atoms with Crippen molar-refractivity contribution >= 4 is 71.6 Å². The molecule has 0 aliphatic carbocycles. The van der Waals surface area contributed by atoms with Gasteiger partial charge in [0.2, 0.25) is 0 Å². The Bertz CT molecular complexity index is 3530. The summed E-state index contributed by atoms with van der Waals surface area (Å²) in [6.45, 7) is 0. The van der Waals surface area contributed by atoms with Crippen LogP contribution in [0.15, 0.2) is 235 Å². The van der Waals surface area contributed by atoms with E-state index in [1.165, 1.54) is 49.3 Å². The van der Waals surface area contributed by atoms with E-state index in [0.29, 0.717) is 0 Å². The fourth-order valence-corrected chi connectivity index (χ4v) is 9.42. The van der Waals surface area contributed by atoms with Crippen LogP contribution in [0, 0.1) is 0 Å². The lowest BCUT2D eigenvalue weighted by molar-refractivity contribution is 0.669. The summed E-state index contributed by atoms with van der Waals surface area (Å²) in [5, 5.41) is 7.23. The largest absolute Gasteiger partial charge is 0.456 e. The second kappa shape index (κ2) is 14.3. The van der Waals surface area contributed by atoms with Crippen molar-refractivity contribution in [3.8, 4) is 39.1 Å². The van der Waals surface area contributed by atoms with E-state index in [-0.39, 0.29) is 0 Å². The van der Waals surface area contributed by atoms with Gasteiger partial charge in [-0.05, 0) is 99.3 Å². The first-order valence-corrected chi connectivity index (χ1v) is 20.8. The topological polar surface area (TPSA) is 21.3 Å². The van der Waals surface area contributed by atoms with Crippen LogP contribution in [0.1, 0.15) is 0 Å². The lowest BCUT2D eigenvalue weighted by atomic mass is 9.96. The summed E-state index contributed by atoms with van der Waals surface area (Å²) in [6.07, 6.45) is 0. The van der Waals surface area contributed by atoms with Gasteiger partial charge in [-0.1, -0.05) is 170 Å². The van der Waals surface area contributed by atoms with Crippen molar-refractivity contribution in [3.05, 3.63) is 231 Å². The molecule has 0 saturated heterocycles. The molecule has 2 aromatic heterocycles. The first-order valence-electron chi connectivity index (χ1n) is 20.8. The van der Waals surface area contributed by atoms with Gasteiger partial charge in [-0.3, -0.25) is 0 Å². The van der Waals surface area contributed by atoms with E-state index in [4.69, 9.17) is 4.42 Å². The van der Waals surface area contributed by atoms with Crippen LogP contribution in [0.25, 0.3) is 93.6 Å². The van der Waals surface area contributed by atoms with E-state index >= 15 is 0 Å². The predicted octanol–water partition coefficient (Wildman–Crippen LogP) is 16.3. The van der Waals surface area contributed by atoms with Crippen LogP contribution in [0.2, 0.25) is 0 Å². The zero-order valence-electron chi connectivity index (χ0n) is 33.2. The maximum atomic E-state index is 6.40. The second-order valence-corrected chi connectivity index (χ2v) is 15.7. The van der Waals surface area contributed by atoms with E-state index < -0.39 is 0 Å². The van der Waals surface area contributed by atoms with Crippen LogP contribution in [0.4, 0.5) is 17.1 Å². The summed E-state index contributed by atoms with van der Waals surface area (Å²) < 4.78 is 8.79. The first kappa shape index (κ1) is 34.9. The number of anilines is 3. The van der Waals surface area contributed by atoms with Gasteiger partial charge in [0.15, 0.2) is 0 Å². The molecule has 0 fully saturated rings. The summed E-state index contributed by atoms with van der Waals surface area (Å²) >= 11 is 0. The van der Waals surface area contributed by atoms with Crippen molar-refractivity contribution in [3.63, 3.8) is 0 Å². The maximum absolute atomic E-state index is 6.40. The molecule has 0 N–H and O–H groups in total.